The van der Waals surface area contributed by atoms with E-state index < -0.39 is 11.7 Å². The van der Waals surface area contributed by atoms with Crippen molar-refractivity contribution in [2.45, 2.75) is 0 Å². The normalized spacial score (nSPS) is 10.2. The number of likely N-dealkylation sites (N-methyl/N-ethyl adjacent to an activating group) is 1. The van der Waals surface area contributed by atoms with Crippen molar-refractivity contribution in [3.63, 3.8) is 0 Å². The highest BCUT2D eigenvalue weighted by molar-refractivity contribution is 6.02. The number of anilines is 1. The lowest BCUT2D eigenvalue weighted by atomic mass is 10.2. The van der Waals surface area contributed by atoms with Crippen LogP contribution in [0.4, 0.5) is 15.8 Å². The average Bonchev–Trinajstić information content (AvgIpc) is 2.35. The van der Waals surface area contributed by atoms with Gasteiger partial charge in [-0.05, 0) is 29.5 Å². The summed E-state index contributed by atoms with van der Waals surface area (Å²) >= 11 is 0. The molecule has 1 aromatic rings. The van der Waals surface area contributed by atoms with Crippen molar-refractivity contribution < 1.29 is 14.0 Å². The van der Waals surface area contributed by atoms with E-state index in [1.54, 1.807) is 0 Å². The molecule has 0 atom stereocenters. The van der Waals surface area contributed by atoms with E-state index in [4.69, 9.17) is 0 Å². The first-order valence-corrected chi connectivity index (χ1v) is 4.62. The van der Waals surface area contributed by atoms with Crippen molar-refractivity contribution >= 4 is 23.6 Å². The molecule has 0 aromatic heterocycles. The van der Waals surface area contributed by atoms with Crippen LogP contribution in [-0.4, -0.2) is 19.2 Å². The summed E-state index contributed by atoms with van der Waals surface area (Å²) in [7, 11) is 1.32. The summed E-state index contributed by atoms with van der Waals surface area (Å²) in [5.74, 6) is -1.24. The van der Waals surface area contributed by atoms with Crippen LogP contribution < -0.4 is 4.90 Å². The molecular formula is C11H9FN2O3. The van der Waals surface area contributed by atoms with Crippen LogP contribution in [0.25, 0.3) is 0 Å². The Morgan fingerprint density at radius 1 is 1.47 bits per heavy atom. The largest absolute Gasteiger partial charge is 0.309 e. The standard InChI is InChI=1S/C11H9FN2O3/c1-14(11(16)3-2-6-15)10-7-8(13-17)4-5-9(10)12/h2-7H,1H3/b3-2-. The lowest BCUT2D eigenvalue weighted by Crippen LogP contribution is -2.25. The number of allylic oxidation sites excluding steroid dienone is 1. The molecule has 0 radical (unpaired) electrons. The van der Waals surface area contributed by atoms with Gasteiger partial charge in [0, 0.05) is 13.1 Å². The number of benzene rings is 1. The predicted octanol–water partition coefficient (Wildman–Crippen LogP) is 1.94. The molecule has 5 nitrogen and oxygen atoms in total. The van der Waals surface area contributed by atoms with E-state index >= 15 is 0 Å². The Labute approximate surface area is 96.5 Å². The minimum Gasteiger partial charge on any atom is -0.309 e. The third-order valence-electron chi connectivity index (χ3n) is 2.04. The lowest BCUT2D eigenvalue weighted by molar-refractivity contribution is -0.114. The maximum Gasteiger partial charge on any atom is 0.250 e. The Morgan fingerprint density at radius 2 is 2.18 bits per heavy atom. The van der Waals surface area contributed by atoms with Gasteiger partial charge in [-0.2, -0.15) is 0 Å². The van der Waals surface area contributed by atoms with Gasteiger partial charge < -0.3 is 4.90 Å². The maximum absolute atomic E-state index is 13.4. The number of aldehydes is 1. The van der Waals surface area contributed by atoms with Gasteiger partial charge in [0.2, 0.25) is 0 Å². The Morgan fingerprint density at radius 3 is 2.76 bits per heavy atom. The number of carbonyl (C=O) groups is 2. The Hall–Kier alpha value is -2.37. The highest BCUT2D eigenvalue weighted by Gasteiger charge is 2.13. The summed E-state index contributed by atoms with van der Waals surface area (Å²) in [4.78, 5) is 32.8. The number of halogens is 1. The molecule has 0 aliphatic carbocycles. The van der Waals surface area contributed by atoms with Crippen molar-refractivity contribution in [1.29, 1.82) is 0 Å². The van der Waals surface area contributed by atoms with Gasteiger partial charge in [0.15, 0.2) is 0 Å². The maximum atomic E-state index is 13.4. The molecular weight excluding hydrogens is 227 g/mol. The van der Waals surface area contributed by atoms with Gasteiger partial charge in [-0.15, -0.1) is 4.91 Å². The number of hydrogen-bond acceptors (Lipinski definition) is 4. The molecule has 0 N–H and O–H groups in total. The molecule has 0 heterocycles. The summed E-state index contributed by atoms with van der Waals surface area (Å²) in [5, 5.41) is 2.65. The van der Waals surface area contributed by atoms with Crippen LogP contribution in [0.3, 0.4) is 0 Å². The summed E-state index contributed by atoms with van der Waals surface area (Å²) in [6, 6.07) is 3.39. The molecule has 0 fully saturated rings. The first kappa shape index (κ1) is 12.7. The molecule has 0 aliphatic rings. The number of amides is 1. The summed E-state index contributed by atoms with van der Waals surface area (Å²) in [5.41, 5.74) is -0.0666. The number of hydrogen-bond donors (Lipinski definition) is 0. The second-order valence-corrected chi connectivity index (χ2v) is 3.12. The van der Waals surface area contributed by atoms with E-state index in [2.05, 4.69) is 5.18 Å². The molecule has 0 bridgehead atoms. The minimum atomic E-state index is -0.659. The summed E-state index contributed by atoms with van der Waals surface area (Å²) in [6.07, 6.45) is 2.43. The Bertz CT molecular complexity index is 486. The zero-order valence-corrected chi connectivity index (χ0v) is 8.96. The van der Waals surface area contributed by atoms with Crippen molar-refractivity contribution in [2.24, 2.45) is 5.18 Å². The predicted molar refractivity (Wildman–Crippen MR) is 60.5 cm³/mol. The summed E-state index contributed by atoms with van der Waals surface area (Å²) < 4.78 is 13.4. The van der Waals surface area contributed by atoms with Gasteiger partial charge in [-0.3, -0.25) is 9.59 Å². The van der Waals surface area contributed by atoms with E-state index in [1.807, 2.05) is 0 Å². The molecule has 1 rings (SSSR count). The fraction of sp³-hybridized carbons (Fsp3) is 0.0909. The van der Waals surface area contributed by atoms with Crippen LogP contribution in [0.15, 0.2) is 35.5 Å². The SMILES string of the molecule is CN(C(=O)/C=C\C=O)c1cc(N=O)ccc1F. The number of nitroso groups, excluding NO2 is 1. The van der Waals surface area contributed by atoms with Gasteiger partial charge in [0.25, 0.3) is 5.91 Å². The van der Waals surface area contributed by atoms with Crippen molar-refractivity contribution in [1.82, 2.24) is 0 Å². The van der Waals surface area contributed by atoms with E-state index in [0.717, 1.165) is 29.2 Å². The van der Waals surface area contributed by atoms with Gasteiger partial charge in [-0.25, -0.2) is 4.39 Å². The van der Waals surface area contributed by atoms with Crippen molar-refractivity contribution in [3.8, 4) is 0 Å². The number of nitrogens with zero attached hydrogens (tertiary/aromatic N) is 2. The van der Waals surface area contributed by atoms with Gasteiger partial charge >= 0.3 is 0 Å². The molecule has 6 heteroatoms. The van der Waals surface area contributed by atoms with Gasteiger partial charge in [0.05, 0.1) is 5.69 Å². The molecule has 1 amide bonds. The Kier molecular flexibility index (Phi) is 4.21. The van der Waals surface area contributed by atoms with Crippen LogP contribution in [0, 0.1) is 10.7 Å². The fourth-order valence-electron chi connectivity index (χ4n) is 1.17. The highest BCUT2D eigenvalue weighted by Crippen LogP contribution is 2.24. The van der Waals surface area contributed by atoms with Crippen LogP contribution in [-0.2, 0) is 9.59 Å². The zero-order valence-electron chi connectivity index (χ0n) is 8.96. The molecule has 0 saturated heterocycles. The molecule has 0 aliphatic heterocycles. The second kappa shape index (κ2) is 5.64. The minimum absolute atomic E-state index is 0.0143. The van der Waals surface area contributed by atoms with E-state index in [1.165, 1.54) is 13.1 Å². The third-order valence-corrected chi connectivity index (χ3v) is 2.04. The van der Waals surface area contributed by atoms with Gasteiger partial charge in [0.1, 0.15) is 17.8 Å². The van der Waals surface area contributed by atoms with Crippen molar-refractivity contribution in [3.05, 3.63) is 41.1 Å². The Balaban J connectivity index is 3.06. The van der Waals surface area contributed by atoms with Gasteiger partial charge in [-0.1, -0.05) is 0 Å². The first-order valence-electron chi connectivity index (χ1n) is 4.62. The van der Waals surface area contributed by atoms with Crippen LogP contribution in [0.5, 0.6) is 0 Å². The van der Waals surface area contributed by atoms with E-state index in [0.29, 0.717) is 6.29 Å². The molecule has 88 valence electrons. The van der Waals surface area contributed by atoms with Crippen LogP contribution in [0.1, 0.15) is 0 Å². The molecule has 0 saturated carbocycles. The van der Waals surface area contributed by atoms with Crippen molar-refractivity contribution in [2.75, 3.05) is 11.9 Å². The molecule has 0 unspecified atom stereocenters. The monoisotopic (exact) mass is 236 g/mol. The first-order chi connectivity index (χ1) is 8.10. The molecule has 0 spiro atoms. The quantitative estimate of drug-likeness (QED) is 0.455. The number of carbonyl (C=O) groups excluding carboxylic acids is 2. The third kappa shape index (κ3) is 3.04. The highest BCUT2D eigenvalue weighted by atomic mass is 19.1. The fourth-order valence-corrected chi connectivity index (χ4v) is 1.17. The van der Waals surface area contributed by atoms with Crippen LogP contribution in [0.2, 0.25) is 0 Å². The summed E-state index contributed by atoms with van der Waals surface area (Å²) in [6.45, 7) is 0. The second-order valence-electron chi connectivity index (χ2n) is 3.12. The average molecular weight is 236 g/mol. The lowest BCUT2D eigenvalue weighted by Gasteiger charge is -2.15. The number of rotatable bonds is 4. The van der Waals surface area contributed by atoms with E-state index in [9.17, 15) is 18.9 Å². The molecule has 17 heavy (non-hydrogen) atoms. The van der Waals surface area contributed by atoms with Crippen LogP contribution >= 0.6 is 0 Å². The topological polar surface area (TPSA) is 66.8 Å². The van der Waals surface area contributed by atoms with E-state index in [-0.39, 0.29) is 11.4 Å². The molecule has 1 aromatic carbocycles. The smallest absolute Gasteiger partial charge is 0.250 e. The zero-order chi connectivity index (χ0) is 12.8.